The number of quaternary nitrogens is 1. The third-order valence-corrected chi connectivity index (χ3v) is 5.60. The molecule has 1 amide bonds. The van der Waals surface area contributed by atoms with Gasteiger partial charge < -0.3 is 10.5 Å². The molecule has 0 spiro atoms. The molecule has 0 saturated heterocycles. The summed E-state index contributed by atoms with van der Waals surface area (Å²) in [5, 5.41) is 11.9. The summed E-state index contributed by atoms with van der Waals surface area (Å²) < 4.78 is 33.8. The summed E-state index contributed by atoms with van der Waals surface area (Å²) in [5.74, 6) is -1.46. The van der Waals surface area contributed by atoms with Crippen molar-refractivity contribution >= 4 is 11.6 Å². The average Bonchev–Trinajstić information content (AvgIpc) is 3.36. The molecule has 0 bridgehead atoms. The number of H-pyrrole nitrogens is 1. The molecule has 7 nitrogen and oxygen atoms in total. The van der Waals surface area contributed by atoms with Crippen molar-refractivity contribution in [2.24, 2.45) is 10.8 Å². The molecule has 158 valence electrons. The molecule has 1 aliphatic heterocycles. The van der Waals surface area contributed by atoms with E-state index in [1.165, 1.54) is 6.92 Å². The molecule has 30 heavy (non-hydrogen) atoms. The van der Waals surface area contributed by atoms with E-state index in [0.29, 0.717) is 17.3 Å². The van der Waals surface area contributed by atoms with Crippen LogP contribution in [0.3, 0.4) is 0 Å². The first-order valence-electron chi connectivity index (χ1n) is 9.90. The minimum Gasteiger partial charge on any atom is -0.494 e. The normalized spacial score (nSPS) is 20.8. The number of hydrogen-bond acceptors (Lipinski definition) is 5. The lowest BCUT2D eigenvalue weighted by Gasteiger charge is -2.25. The van der Waals surface area contributed by atoms with Gasteiger partial charge in [0.15, 0.2) is 5.71 Å². The molecule has 2 aromatic rings. The Balaban J connectivity index is 1.73. The number of nitrogens with one attached hydrogen (secondary N) is 1. The second-order valence-corrected chi connectivity index (χ2v) is 7.68. The van der Waals surface area contributed by atoms with Gasteiger partial charge in [0.25, 0.3) is 0 Å². The van der Waals surface area contributed by atoms with Crippen LogP contribution in [0.25, 0.3) is 0 Å². The topological polar surface area (TPSA) is 93.4 Å². The smallest absolute Gasteiger partial charge is 0.343 e. The minimum atomic E-state index is -0.819. The number of amides is 1. The van der Waals surface area contributed by atoms with Crippen LogP contribution in [-0.2, 0) is 11.3 Å². The lowest BCUT2D eigenvalue weighted by Crippen LogP contribution is -2.46. The number of allylic oxidation sites excluding steroid dienone is 1. The van der Waals surface area contributed by atoms with Gasteiger partial charge in [0.05, 0.1) is 25.2 Å². The Morgan fingerprint density at radius 1 is 1.33 bits per heavy atom. The number of nitrogens with two attached hydrogens (primary N) is 1. The SMILES string of the molecule is CCOc1cc(F)c(C[N+]2(C(C)=O)N=C(c3n[nH]c(C4CC4)c3C)C=C2N)c(F)c1. The molecule has 1 saturated carbocycles. The first-order chi connectivity index (χ1) is 14.3. The predicted molar refractivity (Wildman–Crippen MR) is 106 cm³/mol. The van der Waals surface area contributed by atoms with E-state index in [2.05, 4.69) is 15.3 Å². The van der Waals surface area contributed by atoms with Gasteiger partial charge in [-0.15, -0.1) is 0 Å². The lowest BCUT2D eigenvalue weighted by molar-refractivity contribution is -0.835. The van der Waals surface area contributed by atoms with E-state index in [-0.39, 0.29) is 30.3 Å². The van der Waals surface area contributed by atoms with E-state index in [1.807, 2.05) is 6.92 Å². The number of benzene rings is 1. The zero-order valence-electron chi connectivity index (χ0n) is 17.1. The second-order valence-electron chi connectivity index (χ2n) is 7.68. The Labute approximate surface area is 172 Å². The van der Waals surface area contributed by atoms with E-state index in [9.17, 15) is 13.6 Å². The number of hydrogen-bond donors (Lipinski definition) is 2. The maximum Gasteiger partial charge on any atom is 0.343 e. The van der Waals surface area contributed by atoms with Gasteiger partial charge in [-0.1, -0.05) is 9.69 Å². The number of carbonyl (C=O) groups is 1. The summed E-state index contributed by atoms with van der Waals surface area (Å²) in [5.41, 5.74) is 8.90. The Morgan fingerprint density at radius 2 is 2.00 bits per heavy atom. The molecule has 4 rings (SSSR count). The fourth-order valence-corrected chi connectivity index (χ4v) is 3.76. The Kier molecular flexibility index (Phi) is 4.93. The predicted octanol–water partition coefficient (Wildman–Crippen LogP) is 3.35. The largest absolute Gasteiger partial charge is 0.494 e. The van der Waals surface area contributed by atoms with Gasteiger partial charge in [-0.05, 0) is 26.7 Å². The number of rotatable bonds is 6. The van der Waals surface area contributed by atoms with Crippen molar-refractivity contribution in [2.45, 2.75) is 46.1 Å². The summed E-state index contributed by atoms with van der Waals surface area (Å²) in [4.78, 5) is 12.6. The van der Waals surface area contributed by atoms with Gasteiger partial charge in [-0.3, -0.25) is 5.10 Å². The third-order valence-electron chi connectivity index (χ3n) is 5.60. The molecule has 1 aromatic carbocycles. The van der Waals surface area contributed by atoms with Crippen LogP contribution < -0.4 is 10.5 Å². The van der Waals surface area contributed by atoms with Crippen LogP contribution >= 0.6 is 0 Å². The first kappa shape index (κ1) is 20.2. The Bertz CT molecular complexity index is 1060. The van der Waals surface area contributed by atoms with Gasteiger partial charge in [0.1, 0.15) is 29.6 Å². The van der Waals surface area contributed by atoms with Crippen LogP contribution in [0.4, 0.5) is 8.78 Å². The van der Waals surface area contributed by atoms with Crippen molar-refractivity contribution in [3.8, 4) is 5.75 Å². The summed E-state index contributed by atoms with van der Waals surface area (Å²) in [6.07, 6.45) is 3.76. The highest BCUT2D eigenvalue weighted by Crippen LogP contribution is 2.41. The molecule has 2 aliphatic rings. The first-order valence-corrected chi connectivity index (χ1v) is 9.90. The zero-order valence-corrected chi connectivity index (χ0v) is 17.1. The van der Waals surface area contributed by atoms with Crippen LogP contribution in [0.2, 0.25) is 0 Å². The quantitative estimate of drug-likeness (QED) is 0.706. The summed E-state index contributed by atoms with van der Waals surface area (Å²) >= 11 is 0. The van der Waals surface area contributed by atoms with E-state index in [1.54, 1.807) is 13.0 Å². The molecular formula is C21H24F2N5O2+. The van der Waals surface area contributed by atoms with Crippen molar-refractivity contribution in [3.05, 3.63) is 58.2 Å². The highest BCUT2D eigenvalue weighted by molar-refractivity contribution is 6.09. The molecule has 9 heteroatoms. The number of ether oxygens (including phenoxy) is 1. The molecule has 1 aliphatic carbocycles. The van der Waals surface area contributed by atoms with Crippen LogP contribution in [0.1, 0.15) is 55.1 Å². The third kappa shape index (κ3) is 3.28. The molecule has 1 fully saturated rings. The summed E-state index contributed by atoms with van der Waals surface area (Å²) in [6.45, 7) is 4.85. The number of aromatic amines is 1. The number of carbonyl (C=O) groups excluding carboxylic acids is 1. The monoisotopic (exact) mass is 416 g/mol. The van der Waals surface area contributed by atoms with E-state index < -0.39 is 22.1 Å². The highest BCUT2D eigenvalue weighted by atomic mass is 19.1. The van der Waals surface area contributed by atoms with Crippen LogP contribution in [-0.4, -0.2) is 33.0 Å². The summed E-state index contributed by atoms with van der Waals surface area (Å²) in [7, 11) is 0. The van der Waals surface area contributed by atoms with Crippen LogP contribution in [0.5, 0.6) is 5.75 Å². The molecule has 1 aromatic heterocycles. The van der Waals surface area contributed by atoms with Crippen molar-refractivity contribution in [1.82, 2.24) is 10.2 Å². The Morgan fingerprint density at radius 3 is 2.57 bits per heavy atom. The van der Waals surface area contributed by atoms with Crippen LogP contribution in [0, 0.1) is 18.6 Å². The number of halogens is 2. The summed E-state index contributed by atoms with van der Waals surface area (Å²) in [6, 6.07) is 2.19. The van der Waals surface area contributed by atoms with Crippen molar-refractivity contribution in [2.75, 3.05) is 6.61 Å². The van der Waals surface area contributed by atoms with Gasteiger partial charge in [-0.2, -0.15) is 5.10 Å². The fraction of sp³-hybridized carbons (Fsp3) is 0.381. The van der Waals surface area contributed by atoms with Crippen molar-refractivity contribution in [3.63, 3.8) is 0 Å². The van der Waals surface area contributed by atoms with Gasteiger partial charge >= 0.3 is 5.91 Å². The van der Waals surface area contributed by atoms with Gasteiger partial charge in [-0.25, -0.2) is 13.6 Å². The lowest BCUT2D eigenvalue weighted by atomic mass is 10.1. The number of nitrogens with zero attached hydrogens (tertiary/aromatic N) is 3. The molecule has 2 heterocycles. The zero-order chi connectivity index (χ0) is 21.6. The minimum absolute atomic E-state index is 0.0829. The molecule has 3 N–H and O–H groups in total. The Hall–Kier alpha value is -3.07. The maximum absolute atomic E-state index is 14.7. The second kappa shape index (κ2) is 7.32. The standard InChI is InChI=1S/C21H24F2N5O2/c1-4-30-14-7-16(22)15(17(23)8-14)10-28(12(3)29)19(24)9-18(27-28)21-11(2)20(25-26-21)13-5-6-13/h7-9,13H,4-6,10,24H2,1-3H3,(H,25,26)/q+1. The fourth-order valence-electron chi connectivity index (χ4n) is 3.76. The van der Waals surface area contributed by atoms with Gasteiger partial charge in [0.2, 0.25) is 5.82 Å². The number of aromatic nitrogens is 2. The molecule has 1 atom stereocenters. The molecular weight excluding hydrogens is 392 g/mol. The van der Waals surface area contributed by atoms with E-state index >= 15 is 0 Å². The van der Waals surface area contributed by atoms with E-state index in [0.717, 1.165) is 36.2 Å². The highest BCUT2D eigenvalue weighted by Gasteiger charge is 2.45. The average molecular weight is 416 g/mol. The van der Waals surface area contributed by atoms with Crippen molar-refractivity contribution in [1.29, 1.82) is 0 Å². The van der Waals surface area contributed by atoms with E-state index in [4.69, 9.17) is 10.5 Å². The molecule has 0 radical (unpaired) electrons. The van der Waals surface area contributed by atoms with Crippen LogP contribution in [0.15, 0.2) is 29.1 Å². The van der Waals surface area contributed by atoms with Crippen molar-refractivity contribution < 1.29 is 22.9 Å². The van der Waals surface area contributed by atoms with Gasteiger partial charge in [0, 0.05) is 29.3 Å². The maximum atomic E-state index is 14.7. The molecule has 1 unspecified atom stereocenters.